The number of phenolic OH excluding ortho intramolecular Hbond substituents is 1. The Morgan fingerprint density at radius 1 is 1.22 bits per heavy atom. The predicted molar refractivity (Wildman–Crippen MR) is 101 cm³/mol. The summed E-state index contributed by atoms with van der Waals surface area (Å²) in [7, 11) is 0. The molecule has 0 radical (unpaired) electrons. The maximum atomic E-state index is 12.2. The molecule has 0 unspecified atom stereocenters. The third-order valence-corrected chi connectivity index (χ3v) is 3.74. The third kappa shape index (κ3) is 5.64. The molecule has 9 heteroatoms. The number of nitriles is 1. The molecule has 0 aliphatic heterocycles. The first-order chi connectivity index (χ1) is 12.8. The van der Waals surface area contributed by atoms with Crippen LogP contribution in [0.15, 0.2) is 42.0 Å². The van der Waals surface area contributed by atoms with Crippen molar-refractivity contribution in [2.24, 2.45) is 5.73 Å². The minimum atomic E-state index is -0.691. The van der Waals surface area contributed by atoms with Gasteiger partial charge in [0, 0.05) is 5.69 Å². The summed E-state index contributed by atoms with van der Waals surface area (Å²) in [6.07, 6.45) is 1.30. The van der Waals surface area contributed by atoms with Gasteiger partial charge in [-0.1, -0.05) is 23.2 Å². The predicted octanol–water partition coefficient (Wildman–Crippen LogP) is 3.11. The van der Waals surface area contributed by atoms with E-state index in [9.17, 15) is 20.0 Å². The van der Waals surface area contributed by atoms with Crippen LogP contribution in [0.3, 0.4) is 0 Å². The van der Waals surface area contributed by atoms with Gasteiger partial charge in [-0.3, -0.25) is 9.59 Å². The van der Waals surface area contributed by atoms with Gasteiger partial charge in [-0.2, -0.15) is 5.26 Å². The monoisotopic (exact) mass is 405 g/mol. The van der Waals surface area contributed by atoms with Crippen LogP contribution >= 0.6 is 23.2 Å². The zero-order valence-electron chi connectivity index (χ0n) is 13.7. The molecule has 7 nitrogen and oxygen atoms in total. The van der Waals surface area contributed by atoms with Crippen molar-refractivity contribution in [3.63, 3.8) is 0 Å². The van der Waals surface area contributed by atoms with E-state index in [1.807, 2.05) is 0 Å². The van der Waals surface area contributed by atoms with Crippen LogP contribution in [0.4, 0.5) is 5.69 Å². The summed E-state index contributed by atoms with van der Waals surface area (Å²) in [6.45, 7) is -0.396. The number of carbonyl (C=O) groups is 2. The molecule has 0 atom stereocenters. The summed E-state index contributed by atoms with van der Waals surface area (Å²) < 4.78 is 5.13. The van der Waals surface area contributed by atoms with Gasteiger partial charge >= 0.3 is 0 Å². The fourth-order valence-corrected chi connectivity index (χ4v) is 2.62. The zero-order valence-corrected chi connectivity index (χ0v) is 15.2. The number of nitrogens with zero attached hydrogens (tertiary/aromatic N) is 1. The third-order valence-electron chi connectivity index (χ3n) is 3.18. The lowest BCUT2D eigenvalue weighted by Crippen LogP contribution is -2.20. The number of phenols is 1. The van der Waals surface area contributed by atoms with Crippen LogP contribution in [0.5, 0.6) is 11.5 Å². The minimum Gasteiger partial charge on any atom is -0.508 e. The Labute approximate surface area is 164 Å². The van der Waals surface area contributed by atoms with E-state index in [4.69, 9.17) is 33.7 Å². The van der Waals surface area contributed by atoms with Gasteiger partial charge in [-0.25, -0.2) is 0 Å². The Kier molecular flexibility index (Phi) is 6.66. The number of ether oxygens (including phenoxy) is 1. The summed E-state index contributed by atoms with van der Waals surface area (Å²) in [4.78, 5) is 23.0. The van der Waals surface area contributed by atoms with Crippen molar-refractivity contribution in [3.05, 3.63) is 57.6 Å². The number of nitrogens with two attached hydrogens (primary N) is 1. The highest BCUT2D eigenvalue weighted by atomic mass is 35.5. The lowest BCUT2D eigenvalue weighted by atomic mass is 10.1. The van der Waals surface area contributed by atoms with Gasteiger partial charge in [0.1, 0.15) is 17.4 Å². The lowest BCUT2D eigenvalue weighted by molar-refractivity contribution is -0.120. The molecule has 0 fully saturated rings. The summed E-state index contributed by atoms with van der Waals surface area (Å²) in [5.41, 5.74) is 5.60. The molecule has 2 rings (SSSR count). The number of hydrogen-bond donors (Lipinski definition) is 3. The highest BCUT2D eigenvalue weighted by Crippen LogP contribution is 2.34. The average Bonchev–Trinajstić information content (AvgIpc) is 2.60. The topological polar surface area (TPSA) is 125 Å². The van der Waals surface area contributed by atoms with Crippen LogP contribution in [-0.2, 0) is 9.59 Å². The van der Waals surface area contributed by atoms with Gasteiger partial charge < -0.3 is 20.9 Å². The van der Waals surface area contributed by atoms with Crippen LogP contribution < -0.4 is 15.8 Å². The van der Waals surface area contributed by atoms with Gasteiger partial charge in [0.05, 0.1) is 10.0 Å². The second-order valence-corrected chi connectivity index (χ2v) is 6.05. The Hall–Kier alpha value is -3.21. The number of amides is 2. The van der Waals surface area contributed by atoms with Crippen molar-refractivity contribution < 1.29 is 19.4 Å². The number of halogens is 2. The molecule has 0 heterocycles. The molecular formula is C18H13Cl2N3O4. The maximum Gasteiger partial charge on any atom is 0.266 e. The molecule has 4 N–H and O–H groups in total. The largest absolute Gasteiger partial charge is 0.508 e. The molecule has 0 aromatic heterocycles. The zero-order chi connectivity index (χ0) is 20.0. The van der Waals surface area contributed by atoms with Gasteiger partial charge in [-0.05, 0) is 48.0 Å². The highest BCUT2D eigenvalue weighted by molar-refractivity contribution is 6.37. The number of primary amides is 1. The number of benzene rings is 2. The highest BCUT2D eigenvalue weighted by Gasteiger charge is 2.13. The quantitative estimate of drug-likeness (QED) is 0.386. The Morgan fingerprint density at radius 2 is 1.81 bits per heavy atom. The smallest absolute Gasteiger partial charge is 0.266 e. The second kappa shape index (κ2) is 8.94. The fraction of sp³-hybridized carbons (Fsp3) is 0.0556. The van der Waals surface area contributed by atoms with E-state index in [2.05, 4.69) is 5.32 Å². The van der Waals surface area contributed by atoms with Crippen molar-refractivity contribution in [1.29, 1.82) is 5.26 Å². The second-order valence-electron chi connectivity index (χ2n) is 5.24. The van der Waals surface area contributed by atoms with Crippen molar-refractivity contribution in [1.82, 2.24) is 0 Å². The average molecular weight is 406 g/mol. The molecule has 0 aliphatic rings. The van der Waals surface area contributed by atoms with E-state index in [0.29, 0.717) is 11.3 Å². The van der Waals surface area contributed by atoms with Gasteiger partial charge in [0.25, 0.3) is 11.8 Å². The van der Waals surface area contributed by atoms with E-state index >= 15 is 0 Å². The summed E-state index contributed by atoms with van der Waals surface area (Å²) >= 11 is 12.1. The Morgan fingerprint density at radius 3 is 2.33 bits per heavy atom. The molecule has 138 valence electrons. The van der Waals surface area contributed by atoms with Crippen molar-refractivity contribution in [3.8, 4) is 17.6 Å². The van der Waals surface area contributed by atoms with E-state index in [0.717, 1.165) is 0 Å². The molecule has 2 aromatic rings. The van der Waals surface area contributed by atoms with E-state index < -0.39 is 18.4 Å². The van der Waals surface area contributed by atoms with Crippen LogP contribution in [0.2, 0.25) is 10.0 Å². The van der Waals surface area contributed by atoms with Crippen molar-refractivity contribution in [2.45, 2.75) is 0 Å². The van der Waals surface area contributed by atoms with Crippen molar-refractivity contribution >= 4 is 46.8 Å². The SMILES string of the molecule is N#C/C(=C\c1cc(Cl)c(OCC(N)=O)c(Cl)c1)C(=O)Nc1ccc(O)cc1. The lowest BCUT2D eigenvalue weighted by Gasteiger charge is -2.09. The summed E-state index contributed by atoms with van der Waals surface area (Å²) in [6, 6.07) is 10.4. The van der Waals surface area contributed by atoms with E-state index in [1.54, 1.807) is 6.07 Å². The molecular weight excluding hydrogens is 393 g/mol. The first-order valence-corrected chi connectivity index (χ1v) is 8.18. The minimum absolute atomic E-state index is 0.0481. The summed E-state index contributed by atoms with van der Waals surface area (Å²) in [5.74, 6) is -1.22. The van der Waals surface area contributed by atoms with Crippen LogP contribution in [0, 0.1) is 11.3 Å². The molecule has 2 amide bonds. The number of anilines is 1. The molecule has 0 spiro atoms. The molecule has 2 aromatic carbocycles. The molecule has 27 heavy (non-hydrogen) atoms. The van der Waals surface area contributed by atoms with E-state index in [-0.39, 0.29) is 27.1 Å². The van der Waals surface area contributed by atoms with Crippen LogP contribution in [-0.4, -0.2) is 23.5 Å². The van der Waals surface area contributed by atoms with Gasteiger partial charge in [0.2, 0.25) is 0 Å². The standard InChI is InChI=1S/C18H13Cl2N3O4/c19-14-6-10(7-15(20)17(14)27-9-16(22)25)5-11(8-21)18(26)23-12-1-3-13(24)4-2-12/h1-7,24H,9H2,(H2,22,25)(H,23,26)/b11-5+. The Balaban J connectivity index is 2.23. The number of carbonyl (C=O) groups excluding carboxylic acids is 2. The van der Waals surface area contributed by atoms with E-state index in [1.165, 1.54) is 42.5 Å². The van der Waals surface area contributed by atoms with Crippen molar-refractivity contribution in [2.75, 3.05) is 11.9 Å². The van der Waals surface area contributed by atoms with Gasteiger partial charge in [0.15, 0.2) is 12.4 Å². The summed E-state index contributed by atoms with van der Waals surface area (Å²) in [5, 5.41) is 21.2. The number of hydrogen-bond acceptors (Lipinski definition) is 5. The first kappa shape index (κ1) is 20.1. The van der Waals surface area contributed by atoms with Gasteiger partial charge in [-0.15, -0.1) is 0 Å². The molecule has 0 saturated heterocycles. The molecule has 0 saturated carbocycles. The Bertz CT molecular complexity index is 927. The van der Waals surface area contributed by atoms with Crippen LogP contribution in [0.25, 0.3) is 6.08 Å². The first-order valence-electron chi connectivity index (χ1n) is 7.42. The van der Waals surface area contributed by atoms with Crippen LogP contribution in [0.1, 0.15) is 5.56 Å². The fourth-order valence-electron chi connectivity index (χ4n) is 2.00. The number of aromatic hydroxyl groups is 1. The normalized spacial score (nSPS) is 10.8. The number of nitrogens with one attached hydrogen (secondary N) is 1. The number of rotatable bonds is 6. The molecule has 0 bridgehead atoms. The maximum absolute atomic E-state index is 12.2. The molecule has 0 aliphatic carbocycles.